The summed E-state index contributed by atoms with van der Waals surface area (Å²) in [5.74, 6) is 0.0448. The van der Waals surface area contributed by atoms with Crippen LogP contribution in [0.1, 0.15) is 20.3 Å². The van der Waals surface area contributed by atoms with Crippen LogP contribution in [-0.2, 0) is 14.8 Å². The highest BCUT2D eigenvalue weighted by Gasteiger charge is 2.33. The topological polar surface area (TPSA) is 66.5 Å². The van der Waals surface area contributed by atoms with Crippen molar-refractivity contribution in [1.82, 2.24) is 9.62 Å². The molecule has 0 radical (unpaired) electrons. The van der Waals surface area contributed by atoms with E-state index in [0.29, 0.717) is 18.9 Å². The summed E-state index contributed by atoms with van der Waals surface area (Å²) < 4.78 is 23.6. The van der Waals surface area contributed by atoms with Gasteiger partial charge >= 0.3 is 0 Å². The predicted octanol–water partition coefficient (Wildman–Crippen LogP) is -0.207. The van der Waals surface area contributed by atoms with Crippen molar-refractivity contribution in [1.29, 1.82) is 0 Å². The van der Waals surface area contributed by atoms with Gasteiger partial charge in [-0.25, -0.2) is 12.7 Å². The summed E-state index contributed by atoms with van der Waals surface area (Å²) in [4.78, 5) is 11.8. The van der Waals surface area contributed by atoms with E-state index in [4.69, 9.17) is 0 Å². The molecule has 15 heavy (non-hydrogen) atoms. The lowest BCUT2D eigenvalue weighted by atomic mass is 10.0. The van der Waals surface area contributed by atoms with Crippen LogP contribution in [0.25, 0.3) is 0 Å². The zero-order valence-electron chi connectivity index (χ0n) is 9.36. The molecule has 1 heterocycles. The van der Waals surface area contributed by atoms with Crippen molar-refractivity contribution >= 4 is 15.9 Å². The van der Waals surface area contributed by atoms with Gasteiger partial charge in [-0.1, -0.05) is 13.8 Å². The third-order valence-corrected chi connectivity index (χ3v) is 3.52. The van der Waals surface area contributed by atoms with Crippen LogP contribution >= 0.6 is 0 Å². The van der Waals surface area contributed by atoms with E-state index in [1.807, 2.05) is 13.8 Å². The second kappa shape index (κ2) is 4.49. The highest BCUT2D eigenvalue weighted by Crippen LogP contribution is 2.13. The Morgan fingerprint density at radius 2 is 2.13 bits per heavy atom. The molecule has 0 aromatic heterocycles. The maximum absolute atomic E-state index is 11.8. The summed E-state index contributed by atoms with van der Waals surface area (Å²) in [5.41, 5.74) is 0. The number of sulfonamides is 1. The highest BCUT2D eigenvalue weighted by atomic mass is 32.2. The third kappa shape index (κ3) is 3.17. The van der Waals surface area contributed by atoms with Crippen LogP contribution in [-0.4, -0.2) is 44.0 Å². The summed E-state index contributed by atoms with van der Waals surface area (Å²) in [6.07, 6.45) is 1.74. The number of rotatable bonds is 3. The maximum Gasteiger partial charge on any atom is 0.253 e. The van der Waals surface area contributed by atoms with Crippen LogP contribution in [0.15, 0.2) is 0 Å². The molecule has 1 rings (SSSR count). The largest absolute Gasteiger partial charge is 0.304 e. The fraction of sp³-hybridized carbons (Fsp3) is 0.889. The van der Waals surface area contributed by atoms with Crippen molar-refractivity contribution < 1.29 is 13.2 Å². The van der Waals surface area contributed by atoms with Gasteiger partial charge in [-0.2, -0.15) is 0 Å². The van der Waals surface area contributed by atoms with Crippen LogP contribution in [0.5, 0.6) is 0 Å². The zero-order valence-corrected chi connectivity index (χ0v) is 10.2. The first kappa shape index (κ1) is 12.4. The van der Waals surface area contributed by atoms with Crippen molar-refractivity contribution in [2.45, 2.75) is 26.3 Å². The van der Waals surface area contributed by atoms with Crippen LogP contribution in [0.2, 0.25) is 0 Å². The van der Waals surface area contributed by atoms with Crippen molar-refractivity contribution in [3.63, 3.8) is 0 Å². The molecule has 1 saturated heterocycles. The Bertz CT molecular complexity index is 337. The molecule has 6 heteroatoms. The van der Waals surface area contributed by atoms with Crippen LogP contribution in [0.4, 0.5) is 0 Å². The normalized spacial score (nSPS) is 23.6. The molecule has 1 aliphatic heterocycles. The molecule has 1 aliphatic rings. The minimum Gasteiger partial charge on any atom is -0.304 e. The SMILES string of the molecule is CC(C)C[C@@H]1NCCN(S(C)(=O)=O)C1=O. The first-order chi connectivity index (χ1) is 6.82. The molecule has 88 valence electrons. The fourth-order valence-electron chi connectivity index (χ4n) is 1.70. The van der Waals surface area contributed by atoms with E-state index in [2.05, 4.69) is 5.32 Å². The average Bonchev–Trinajstić information content (AvgIpc) is 2.05. The molecule has 0 aromatic carbocycles. The Morgan fingerprint density at radius 1 is 1.53 bits per heavy atom. The molecule has 0 aliphatic carbocycles. The lowest BCUT2D eigenvalue weighted by Crippen LogP contribution is -2.56. The number of nitrogens with one attached hydrogen (secondary N) is 1. The van der Waals surface area contributed by atoms with Crippen molar-refractivity contribution in [2.75, 3.05) is 19.3 Å². The molecular weight excluding hydrogens is 216 g/mol. The van der Waals surface area contributed by atoms with Crippen molar-refractivity contribution in [3.05, 3.63) is 0 Å². The summed E-state index contributed by atoms with van der Waals surface area (Å²) in [6.45, 7) is 4.80. The number of hydrogen-bond donors (Lipinski definition) is 1. The molecule has 5 nitrogen and oxygen atoms in total. The zero-order chi connectivity index (χ0) is 11.6. The molecule has 0 bridgehead atoms. The molecule has 0 unspecified atom stereocenters. The van der Waals surface area contributed by atoms with E-state index < -0.39 is 10.0 Å². The van der Waals surface area contributed by atoms with Gasteiger partial charge < -0.3 is 5.32 Å². The number of amides is 1. The van der Waals surface area contributed by atoms with Gasteiger partial charge in [-0.15, -0.1) is 0 Å². The minimum atomic E-state index is -3.40. The quantitative estimate of drug-likeness (QED) is 0.734. The average molecular weight is 234 g/mol. The van der Waals surface area contributed by atoms with E-state index in [0.717, 1.165) is 10.6 Å². The molecule has 0 saturated carbocycles. The van der Waals surface area contributed by atoms with Gasteiger partial charge in [-0.05, 0) is 12.3 Å². The van der Waals surface area contributed by atoms with Crippen LogP contribution < -0.4 is 5.32 Å². The Hall–Kier alpha value is -0.620. The first-order valence-electron chi connectivity index (χ1n) is 5.07. The number of carbonyl (C=O) groups is 1. The van der Waals surface area contributed by atoms with Gasteiger partial charge in [-0.3, -0.25) is 4.79 Å². The smallest absolute Gasteiger partial charge is 0.253 e. The van der Waals surface area contributed by atoms with E-state index in [1.165, 1.54) is 0 Å². The summed E-state index contributed by atoms with van der Waals surface area (Å²) >= 11 is 0. The van der Waals surface area contributed by atoms with Gasteiger partial charge in [0.1, 0.15) is 0 Å². The number of carbonyl (C=O) groups excluding carboxylic acids is 1. The number of nitrogens with zero attached hydrogens (tertiary/aromatic N) is 1. The second-order valence-corrected chi connectivity index (χ2v) is 6.22. The number of piperazine rings is 1. The third-order valence-electron chi connectivity index (χ3n) is 2.36. The van der Waals surface area contributed by atoms with Crippen LogP contribution in [0.3, 0.4) is 0 Å². The summed E-state index contributed by atoms with van der Waals surface area (Å²) in [6, 6.07) is -0.353. The molecule has 0 spiro atoms. The molecule has 1 amide bonds. The van der Waals surface area contributed by atoms with Crippen LogP contribution in [0, 0.1) is 5.92 Å². The Balaban J connectivity index is 2.76. The molecular formula is C9H18N2O3S. The van der Waals surface area contributed by atoms with Gasteiger partial charge in [0.2, 0.25) is 10.0 Å². The van der Waals surface area contributed by atoms with Crippen molar-refractivity contribution in [2.24, 2.45) is 5.92 Å². The second-order valence-electron chi connectivity index (χ2n) is 4.31. The van der Waals surface area contributed by atoms with Gasteiger partial charge in [0.25, 0.3) is 5.91 Å². The van der Waals surface area contributed by atoms with Gasteiger partial charge in [0.05, 0.1) is 12.3 Å². The standard InChI is InChI=1S/C9H18N2O3S/c1-7(2)6-8-9(12)11(5-4-10-8)15(3,13)14/h7-8,10H,4-6H2,1-3H3/t8-/m0/s1. The Morgan fingerprint density at radius 3 is 2.60 bits per heavy atom. The van der Waals surface area contributed by atoms with E-state index in [1.54, 1.807) is 0 Å². The summed E-state index contributed by atoms with van der Waals surface area (Å²) in [5, 5.41) is 3.05. The van der Waals surface area contributed by atoms with E-state index in [-0.39, 0.29) is 18.5 Å². The number of hydrogen-bond acceptors (Lipinski definition) is 4. The van der Waals surface area contributed by atoms with E-state index >= 15 is 0 Å². The van der Waals surface area contributed by atoms with E-state index in [9.17, 15) is 13.2 Å². The predicted molar refractivity (Wildman–Crippen MR) is 57.8 cm³/mol. The van der Waals surface area contributed by atoms with Crippen molar-refractivity contribution in [3.8, 4) is 0 Å². The highest BCUT2D eigenvalue weighted by molar-refractivity contribution is 7.88. The lowest BCUT2D eigenvalue weighted by molar-refractivity contribution is -0.130. The minimum absolute atomic E-state index is 0.242. The first-order valence-corrected chi connectivity index (χ1v) is 6.92. The maximum atomic E-state index is 11.8. The molecule has 1 N–H and O–H groups in total. The summed E-state index contributed by atoms with van der Waals surface area (Å²) in [7, 11) is -3.40. The molecule has 1 atom stereocenters. The molecule has 0 aromatic rings. The molecule has 1 fully saturated rings. The Kier molecular flexibility index (Phi) is 3.72. The monoisotopic (exact) mass is 234 g/mol. The fourth-order valence-corrected chi connectivity index (χ4v) is 2.57. The van der Waals surface area contributed by atoms with Gasteiger partial charge in [0.15, 0.2) is 0 Å². The Labute approximate surface area is 90.9 Å². The van der Waals surface area contributed by atoms with Gasteiger partial charge in [0, 0.05) is 13.1 Å². The lowest BCUT2D eigenvalue weighted by Gasteiger charge is -2.32.